The molecule has 1 aliphatic rings. The summed E-state index contributed by atoms with van der Waals surface area (Å²) in [6.07, 6.45) is -3.83. The maximum Gasteiger partial charge on any atom is 0.416 e. The van der Waals surface area contributed by atoms with Crippen LogP contribution in [0.1, 0.15) is 34.0 Å². The van der Waals surface area contributed by atoms with Gasteiger partial charge in [-0.2, -0.15) is 13.2 Å². The average molecular weight is 449 g/mol. The van der Waals surface area contributed by atoms with Crippen LogP contribution >= 0.6 is 0 Å². The van der Waals surface area contributed by atoms with Crippen molar-refractivity contribution in [3.05, 3.63) is 101 Å². The summed E-state index contributed by atoms with van der Waals surface area (Å²) >= 11 is 0. The molecule has 0 saturated carbocycles. The Labute approximate surface area is 189 Å². The van der Waals surface area contributed by atoms with Crippen molar-refractivity contribution in [2.75, 3.05) is 11.9 Å². The third-order valence-corrected chi connectivity index (χ3v) is 6.13. The number of aromatic amines is 1. The third kappa shape index (κ3) is 3.95. The van der Waals surface area contributed by atoms with Crippen LogP contribution in [0.5, 0.6) is 0 Å². The summed E-state index contributed by atoms with van der Waals surface area (Å²) in [5.74, 6) is 0. The first-order chi connectivity index (χ1) is 15.8. The molecule has 0 spiro atoms. The number of alkyl halides is 3. The molecule has 33 heavy (non-hydrogen) atoms. The third-order valence-electron chi connectivity index (χ3n) is 6.13. The van der Waals surface area contributed by atoms with E-state index in [4.69, 9.17) is 0 Å². The van der Waals surface area contributed by atoms with Crippen molar-refractivity contribution in [3.8, 4) is 0 Å². The number of hydrogen-bond acceptors (Lipinski definition) is 1. The summed E-state index contributed by atoms with van der Waals surface area (Å²) in [7, 11) is 0. The van der Waals surface area contributed by atoms with Gasteiger partial charge in [0.05, 0.1) is 11.6 Å². The molecule has 0 bridgehead atoms. The topological polar surface area (TPSA) is 48.1 Å². The fraction of sp³-hybridized carbons (Fsp3) is 0.192. The van der Waals surface area contributed by atoms with Crippen LogP contribution in [0.4, 0.5) is 23.7 Å². The van der Waals surface area contributed by atoms with Gasteiger partial charge in [0.25, 0.3) is 0 Å². The number of amides is 2. The summed E-state index contributed by atoms with van der Waals surface area (Å²) in [5.41, 5.74) is 4.45. The van der Waals surface area contributed by atoms with Gasteiger partial charge in [-0.05, 0) is 48.7 Å². The first-order valence-corrected chi connectivity index (χ1v) is 10.7. The Bertz CT molecular complexity index is 1320. The highest BCUT2D eigenvalue weighted by Gasteiger charge is 2.35. The van der Waals surface area contributed by atoms with Gasteiger partial charge in [-0.15, -0.1) is 0 Å². The average Bonchev–Trinajstić information content (AvgIpc) is 3.17. The lowest BCUT2D eigenvalue weighted by Crippen LogP contribution is -2.43. The van der Waals surface area contributed by atoms with Crippen LogP contribution in [0.15, 0.2) is 72.8 Å². The number of hydrogen-bond donors (Lipinski definition) is 2. The van der Waals surface area contributed by atoms with Gasteiger partial charge in [-0.1, -0.05) is 54.1 Å². The lowest BCUT2D eigenvalue weighted by Gasteiger charge is -2.36. The first kappa shape index (κ1) is 21.1. The van der Waals surface area contributed by atoms with E-state index in [2.05, 4.69) is 16.4 Å². The van der Waals surface area contributed by atoms with E-state index < -0.39 is 17.8 Å². The molecule has 0 saturated heterocycles. The number of urea groups is 1. The number of benzene rings is 3. The molecule has 2 N–H and O–H groups in total. The normalized spacial score (nSPS) is 16.0. The molecule has 3 aromatic carbocycles. The van der Waals surface area contributed by atoms with E-state index in [0.717, 1.165) is 39.9 Å². The van der Waals surface area contributed by atoms with E-state index in [1.165, 1.54) is 17.7 Å². The van der Waals surface area contributed by atoms with E-state index in [1.54, 1.807) is 4.90 Å². The highest BCUT2D eigenvalue weighted by atomic mass is 19.4. The fourth-order valence-corrected chi connectivity index (χ4v) is 4.52. The number of rotatable bonds is 2. The van der Waals surface area contributed by atoms with Gasteiger partial charge in [-0.3, -0.25) is 0 Å². The second kappa shape index (κ2) is 7.99. The number of H-pyrrole nitrogens is 1. The van der Waals surface area contributed by atoms with Crippen LogP contribution < -0.4 is 5.32 Å². The Kier molecular flexibility index (Phi) is 5.12. The smallest absolute Gasteiger partial charge is 0.356 e. The number of nitrogens with one attached hydrogen (secondary N) is 2. The zero-order valence-corrected chi connectivity index (χ0v) is 17.9. The van der Waals surface area contributed by atoms with Gasteiger partial charge in [0.2, 0.25) is 0 Å². The van der Waals surface area contributed by atoms with Crippen LogP contribution in [0.25, 0.3) is 10.9 Å². The maximum atomic E-state index is 13.3. The van der Waals surface area contributed by atoms with Crippen LogP contribution in [-0.4, -0.2) is 22.5 Å². The molecular formula is C26H22F3N3O. The molecule has 1 aromatic heterocycles. The predicted octanol–water partition coefficient (Wildman–Crippen LogP) is 6.67. The molecule has 0 radical (unpaired) electrons. The Morgan fingerprint density at radius 3 is 2.55 bits per heavy atom. The van der Waals surface area contributed by atoms with Crippen molar-refractivity contribution in [2.24, 2.45) is 0 Å². The molecule has 168 valence electrons. The van der Waals surface area contributed by atoms with E-state index in [-0.39, 0.29) is 11.7 Å². The second-order valence-corrected chi connectivity index (χ2v) is 8.33. The minimum atomic E-state index is -4.48. The zero-order valence-electron chi connectivity index (χ0n) is 17.9. The highest BCUT2D eigenvalue weighted by Crippen LogP contribution is 2.39. The second-order valence-electron chi connectivity index (χ2n) is 8.33. The number of carbonyl (C=O) groups excluding carboxylic acids is 1. The standard InChI is InChI=1S/C26H22F3N3O/c1-16-9-11-17(12-10-16)24-23-21(20-7-2-3-8-22(20)31-23)13-14-32(24)25(33)30-19-6-4-5-18(15-19)26(27,28)29/h2-12,15,24,31H,13-14H2,1H3,(H,30,33). The molecule has 1 atom stereocenters. The summed E-state index contributed by atoms with van der Waals surface area (Å²) in [6, 6.07) is 19.9. The lowest BCUT2D eigenvalue weighted by atomic mass is 9.92. The fourth-order valence-electron chi connectivity index (χ4n) is 4.52. The summed E-state index contributed by atoms with van der Waals surface area (Å²) in [5, 5.41) is 3.80. The minimum absolute atomic E-state index is 0.111. The van der Waals surface area contributed by atoms with Crippen molar-refractivity contribution in [2.45, 2.75) is 25.6 Å². The van der Waals surface area contributed by atoms with Crippen molar-refractivity contribution >= 4 is 22.6 Å². The van der Waals surface area contributed by atoms with Crippen LogP contribution in [-0.2, 0) is 12.6 Å². The first-order valence-electron chi connectivity index (χ1n) is 10.7. The van der Waals surface area contributed by atoms with Gasteiger partial charge < -0.3 is 15.2 Å². The molecule has 4 nitrogen and oxygen atoms in total. The summed E-state index contributed by atoms with van der Waals surface area (Å²) < 4.78 is 39.3. The van der Waals surface area contributed by atoms with Crippen molar-refractivity contribution in [3.63, 3.8) is 0 Å². The molecule has 0 fully saturated rings. The summed E-state index contributed by atoms with van der Waals surface area (Å²) in [4.78, 5) is 18.5. The number of halogens is 3. The molecule has 5 rings (SSSR count). The van der Waals surface area contributed by atoms with E-state index in [0.29, 0.717) is 13.0 Å². The van der Waals surface area contributed by atoms with Crippen molar-refractivity contribution < 1.29 is 18.0 Å². The maximum absolute atomic E-state index is 13.3. The molecule has 2 heterocycles. The number of nitrogens with zero attached hydrogens (tertiary/aromatic N) is 1. The summed E-state index contributed by atoms with van der Waals surface area (Å²) in [6.45, 7) is 2.44. The quantitative estimate of drug-likeness (QED) is 0.353. The Balaban J connectivity index is 1.53. The largest absolute Gasteiger partial charge is 0.416 e. The van der Waals surface area contributed by atoms with Gasteiger partial charge in [-0.25, -0.2) is 4.79 Å². The Morgan fingerprint density at radius 2 is 1.79 bits per heavy atom. The molecule has 0 aliphatic carbocycles. The molecule has 7 heteroatoms. The number of carbonyl (C=O) groups is 1. The van der Waals surface area contributed by atoms with Crippen LogP contribution in [0.2, 0.25) is 0 Å². The predicted molar refractivity (Wildman–Crippen MR) is 122 cm³/mol. The van der Waals surface area contributed by atoms with Gasteiger partial charge in [0, 0.05) is 28.8 Å². The van der Waals surface area contributed by atoms with E-state index in [1.807, 2.05) is 49.4 Å². The monoisotopic (exact) mass is 449 g/mol. The van der Waals surface area contributed by atoms with E-state index in [9.17, 15) is 18.0 Å². The van der Waals surface area contributed by atoms with Gasteiger partial charge in [0.1, 0.15) is 0 Å². The molecule has 1 aliphatic heterocycles. The highest BCUT2D eigenvalue weighted by molar-refractivity contribution is 5.91. The SMILES string of the molecule is Cc1ccc(C2c3[nH]c4ccccc4c3CCN2C(=O)Nc2cccc(C(F)(F)F)c2)cc1. The number of fused-ring (bicyclic) bond motifs is 3. The Hall–Kier alpha value is -3.74. The molecule has 4 aromatic rings. The zero-order chi connectivity index (χ0) is 23.2. The van der Waals surface area contributed by atoms with Gasteiger partial charge >= 0.3 is 12.2 Å². The number of aryl methyl sites for hydroxylation is 1. The molecule has 2 amide bonds. The molecule has 1 unspecified atom stereocenters. The van der Waals surface area contributed by atoms with Gasteiger partial charge in [0.15, 0.2) is 0 Å². The Morgan fingerprint density at radius 1 is 1.03 bits per heavy atom. The van der Waals surface area contributed by atoms with Crippen LogP contribution in [0, 0.1) is 6.92 Å². The van der Waals surface area contributed by atoms with E-state index >= 15 is 0 Å². The molecular weight excluding hydrogens is 427 g/mol. The number of anilines is 1. The van der Waals surface area contributed by atoms with Crippen LogP contribution in [0.3, 0.4) is 0 Å². The minimum Gasteiger partial charge on any atom is -0.356 e. The number of aromatic nitrogens is 1. The van der Waals surface area contributed by atoms with Crippen molar-refractivity contribution in [1.29, 1.82) is 0 Å². The van der Waals surface area contributed by atoms with Crippen molar-refractivity contribution in [1.82, 2.24) is 9.88 Å². The number of para-hydroxylation sites is 1. The lowest BCUT2D eigenvalue weighted by molar-refractivity contribution is -0.137.